The van der Waals surface area contributed by atoms with E-state index in [0.717, 1.165) is 0 Å². The van der Waals surface area contributed by atoms with Crippen LogP contribution in [0.5, 0.6) is 0 Å². The number of carbonyl (C=O) groups excluding carboxylic acids is 1. The van der Waals surface area contributed by atoms with E-state index in [1.165, 1.54) is 0 Å². The standard InChI is InChI=1S/C11H11ClN4O2/c12-7-2-3-8-9(6-7)14-10(16-15-8)11(18)13-4-1-5-17/h2-3,6,17H,1,4-5H2,(H,13,18). The summed E-state index contributed by atoms with van der Waals surface area (Å²) >= 11 is 5.84. The largest absolute Gasteiger partial charge is 0.396 e. The van der Waals surface area contributed by atoms with Gasteiger partial charge in [0.1, 0.15) is 5.52 Å². The van der Waals surface area contributed by atoms with Crippen LogP contribution in [0.3, 0.4) is 0 Å². The first kappa shape index (κ1) is 12.7. The molecule has 0 aliphatic rings. The number of hydrogen-bond donors (Lipinski definition) is 2. The average molecular weight is 267 g/mol. The highest BCUT2D eigenvalue weighted by Crippen LogP contribution is 2.14. The molecule has 2 aromatic rings. The Morgan fingerprint density at radius 2 is 2.17 bits per heavy atom. The van der Waals surface area contributed by atoms with Gasteiger partial charge in [0.05, 0.1) is 5.52 Å². The molecule has 0 saturated heterocycles. The molecule has 0 saturated carbocycles. The van der Waals surface area contributed by atoms with E-state index < -0.39 is 5.91 Å². The molecule has 1 aromatic heterocycles. The quantitative estimate of drug-likeness (QED) is 0.799. The van der Waals surface area contributed by atoms with Crippen LogP contribution in [0.2, 0.25) is 5.02 Å². The zero-order valence-electron chi connectivity index (χ0n) is 9.43. The number of carbonyl (C=O) groups is 1. The van der Waals surface area contributed by atoms with Crippen LogP contribution in [0.25, 0.3) is 11.0 Å². The number of nitrogens with one attached hydrogen (secondary N) is 1. The van der Waals surface area contributed by atoms with Crippen LogP contribution < -0.4 is 5.32 Å². The number of amides is 1. The first-order valence-corrected chi connectivity index (χ1v) is 5.77. The summed E-state index contributed by atoms with van der Waals surface area (Å²) < 4.78 is 0. The van der Waals surface area contributed by atoms with E-state index in [2.05, 4.69) is 20.5 Å². The number of aromatic nitrogens is 3. The Bertz CT molecular complexity index is 576. The van der Waals surface area contributed by atoms with Crippen molar-refractivity contribution in [2.45, 2.75) is 6.42 Å². The molecular weight excluding hydrogens is 256 g/mol. The minimum absolute atomic E-state index is 0.0114. The molecule has 18 heavy (non-hydrogen) atoms. The normalized spacial score (nSPS) is 10.6. The van der Waals surface area contributed by atoms with Crippen LogP contribution in [0.1, 0.15) is 17.0 Å². The molecule has 0 fully saturated rings. The Hall–Kier alpha value is -1.79. The maximum Gasteiger partial charge on any atom is 0.291 e. The third kappa shape index (κ3) is 2.91. The van der Waals surface area contributed by atoms with Crippen molar-refractivity contribution in [3.63, 3.8) is 0 Å². The minimum Gasteiger partial charge on any atom is -0.396 e. The van der Waals surface area contributed by atoms with Gasteiger partial charge in [-0.3, -0.25) is 4.79 Å². The smallest absolute Gasteiger partial charge is 0.291 e. The molecule has 1 amide bonds. The van der Waals surface area contributed by atoms with Crippen LogP contribution in [-0.2, 0) is 0 Å². The third-order valence-electron chi connectivity index (χ3n) is 2.24. The summed E-state index contributed by atoms with van der Waals surface area (Å²) in [6, 6.07) is 4.99. The molecule has 0 bridgehead atoms. The van der Waals surface area contributed by atoms with Crippen LogP contribution in [0.4, 0.5) is 0 Å². The molecule has 1 aromatic carbocycles. The molecule has 0 radical (unpaired) electrons. The molecule has 1 heterocycles. The number of benzene rings is 1. The number of aliphatic hydroxyl groups is 1. The van der Waals surface area contributed by atoms with Crippen molar-refractivity contribution >= 4 is 28.5 Å². The van der Waals surface area contributed by atoms with Crippen LogP contribution in [-0.4, -0.2) is 39.3 Å². The van der Waals surface area contributed by atoms with Gasteiger partial charge in [-0.15, -0.1) is 10.2 Å². The van der Waals surface area contributed by atoms with Crippen molar-refractivity contribution in [1.29, 1.82) is 0 Å². The van der Waals surface area contributed by atoms with Crippen molar-refractivity contribution < 1.29 is 9.90 Å². The Morgan fingerprint density at radius 1 is 1.33 bits per heavy atom. The minimum atomic E-state index is -0.419. The van der Waals surface area contributed by atoms with Gasteiger partial charge in [0.15, 0.2) is 0 Å². The van der Waals surface area contributed by atoms with Crippen molar-refractivity contribution in [3.05, 3.63) is 29.0 Å². The monoisotopic (exact) mass is 266 g/mol. The topological polar surface area (TPSA) is 88.0 Å². The van der Waals surface area contributed by atoms with Crippen LogP contribution in [0.15, 0.2) is 18.2 Å². The summed E-state index contributed by atoms with van der Waals surface area (Å²) in [6.45, 7) is 0.388. The average Bonchev–Trinajstić information content (AvgIpc) is 2.38. The summed E-state index contributed by atoms with van der Waals surface area (Å²) in [6.07, 6.45) is 0.485. The van der Waals surface area contributed by atoms with Crippen molar-refractivity contribution in [2.75, 3.05) is 13.2 Å². The predicted octanol–water partition coefficient (Wildman–Crippen LogP) is 0.790. The highest BCUT2D eigenvalue weighted by molar-refractivity contribution is 6.31. The summed E-state index contributed by atoms with van der Waals surface area (Å²) in [5.41, 5.74) is 1.09. The molecule has 2 rings (SSSR count). The second-order valence-corrected chi connectivity index (χ2v) is 4.04. The Kier molecular flexibility index (Phi) is 4.01. The van der Waals surface area contributed by atoms with Crippen molar-refractivity contribution in [1.82, 2.24) is 20.5 Å². The van der Waals surface area contributed by atoms with Gasteiger partial charge in [-0.1, -0.05) is 11.6 Å². The fourth-order valence-electron chi connectivity index (χ4n) is 1.36. The molecule has 94 valence electrons. The van der Waals surface area contributed by atoms with Gasteiger partial charge in [-0.25, -0.2) is 4.98 Å². The molecule has 0 atom stereocenters. The molecule has 6 nitrogen and oxygen atoms in total. The van der Waals surface area contributed by atoms with Gasteiger partial charge in [0.2, 0.25) is 5.82 Å². The van der Waals surface area contributed by atoms with Gasteiger partial charge < -0.3 is 10.4 Å². The lowest BCUT2D eigenvalue weighted by molar-refractivity contribution is 0.0940. The van der Waals surface area contributed by atoms with E-state index >= 15 is 0 Å². The van der Waals surface area contributed by atoms with Gasteiger partial charge in [-0.05, 0) is 24.6 Å². The lowest BCUT2D eigenvalue weighted by Gasteiger charge is -2.03. The number of nitrogens with zero attached hydrogens (tertiary/aromatic N) is 3. The third-order valence-corrected chi connectivity index (χ3v) is 2.47. The molecule has 0 unspecified atom stereocenters. The maximum atomic E-state index is 11.7. The molecule has 0 aliphatic carbocycles. The maximum absolute atomic E-state index is 11.7. The molecule has 2 N–H and O–H groups in total. The van der Waals surface area contributed by atoms with Crippen LogP contribution in [0, 0.1) is 0 Å². The summed E-state index contributed by atoms with van der Waals surface area (Å²) in [4.78, 5) is 15.7. The lowest BCUT2D eigenvalue weighted by Crippen LogP contribution is -2.27. The fraction of sp³-hybridized carbons (Fsp3) is 0.273. The highest BCUT2D eigenvalue weighted by Gasteiger charge is 2.10. The number of fused-ring (bicyclic) bond motifs is 1. The van der Waals surface area contributed by atoms with E-state index in [1.54, 1.807) is 18.2 Å². The summed E-state index contributed by atoms with van der Waals surface area (Å²) in [7, 11) is 0. The second kappa shape index (κ2) is 5.70. The molecule has 7 heteroatoms. The Morgan fingerprint density at radius 3 is 2.94 bits per heavy atom. The zero-order valence-corrected chi connectivity index (χ0v) is 10.2. The van der Waals surface area contributed by atoms with E-state index in [0.29, 0.717) is 29.0 Å². The zero-order chi connectivity index (χ0) is 13.0. The van der Waals surface area contributed by atoms with Gasteiger partial charge in [0, 0.05) is 18.2 Å². The lowest BCUT2D eigenvalue weighted by atomic mass is 10.3. The van der Waals surface area contributed by atoms with Gasteiger partial charge >= 0.3 is 0 Å². The molecule has 0 aliphatic heterocycles. The highest BCUT2D eigenvalue weighted by atomic mass is 35.5. The van der Waals surface area contributed by atoms with Crippen LogP contribution >= 0.6 is 11.6 Å². The van der Waals surface area contributed by atoms with Gasteiger partial charge in [-0.2, -0.15) is 0 Å². The Labute approximate surface area is 108 Å². The first-order chi connectivity index (χ1) is 8.70. The SMILES string of the molecule is O=C(NCCCO)c1nnc2ccc(Cl)cc2n1. The van der Waals surface area contributed by atoms with Gasteiger partial charge in [0.25, 0.3) is 5.91 Å². The summed E-state index contributed by atoms with van der Waals surface area (Å²) in [5, 5.41) is 19.3. The second-order valence-electron chi connectivity index (χ2n) is 3.60. The van der Waals surface area contributed by atoms with E-state index in [1.807, 2.05) is 0 Å². The fourth-order valence-corrected chi connectivity index (χ4v) is 1.53. The number of aliphatic hydroxyl groups excluding tert-OH is 1. The van der Waals surface area contributed by atoms with E-state index in [-0.39, 0.29) is 12.4 Å². The number of hydrogen-bond acceptors (Lipinski definition) is 5. The number of rotatable bonds is 4. The van der Waals surface area contributed by atoms with E-state index in [4.69, 9.17) is 16.7 Å². The summed E-state index contributed by atoms with van der Waals surface area (Å²) in [5.74, 6) is -0.430. The predicted molar refractivity (Wildman–Crippen MR) is 66.4 cm³/mol. The number of halogens is 1. The van der Waals surface area contributed by atoms with Crippen molar-refractivity contribution in [2.24, 2.45) is 0 Å². The van der Waals surface area contributed by atoms with Crippen molar-refractivity contribution in [3.8, 4) is 0 Å². The molecule has 0 spiro atoms. The molecular formula is C11H11ClN4O2. The van der Waals surface area contributed by atoms with E-state index in [9.17, 15) is 4.79 Å². The Balaban J connectivity index is 2.21. The first-order valence-electron chi connectivity index (χ1n) is 5.40.